The lowest BCUT2D eigenvalue weighted by Crippen LogP contribution is -2.31. The Morgan fingerprint density at radius 1 is 1.27 bits per heavy atom. The molecule has 0 saturated carbocycles. The number of nitrogens with zero attached hydrogens (tertiary/aromatic N) is 2. The van der Waals surface area contributed by atoms with Crippen molar-refractivity contribution in [3.63, 3.8) is 0 Å². The van der Waals surface area contributed by atoms with Crippen LogP contribution in [0.5, 0.6) is 0 Å². The van der Waals surface area contributed by atoms with E-state index in [-0.39, 0.29) is 13.0 Å². The van der Waals surface area contributed by atoms with E-state index in [4.69, 9.17) is 5.11 Å². The minimum absolute atomic E-state index is 0.0726. The monoisotopic (exact) mass is 302 g/mol. The van der Waals surface area contributed by atoms with Gasteiger partial charge in [-0.2, -0.15) is 5.10 Å². The standard InChI is InChI=1S/C15H18N4O3/c1-10-3-4-13(19-9-11(2)8-17-19)12(7-10)18-15(22)16-6-5-14(20)21/h3-4,7-9H,5-6H2,1-2H3,(H,20,21)(H2,16,18,22). The fourth-order valence-electron chi connectivity index (χ4n) is 1.94. The van der Waals surface area contributed by atoms with E-state index in [1.807, 2.05) is 38.2 Å². The molecule has 0 aliphatic carbocycles. The molecule has 2 aromatic rings. The van der Waals surface area contributed by atoms with E-state index in [2.05, 4.69) is 15.7 Å². The van der Waals surface area contributed by atoms with Gasteiger partial charge in [0, 0.05) is 12.7 Å². The van der Waals surface area contributed by atoms with Crippen LogP contribution in [0, 0.1) is 13.8 Å². The molecule has 116 valence electrons. The van der Waals surface area contributed by atoms with Crippen LogP contribution in [0.2, 0.25) is 0 Å². The molecule has 0 fully saturated rings. The van der Waals surface area contributed by atoms with Gasteiger partial charge in [-0.3, -0.25) is 4.79 Å². The Balaban J connectivity index is 2.14. The van der Waals surface area contributed by atoms with Gasteiger partial charge in [0.25, 0.3) is 0 Å². The number of rotatable bonds is 5. The summed E-state index contributed by atoms with van der Waals surface area (Å²) in [5.41, 5.74) is 3.36. The molecule has 1 aromatic carbocycles. The number of carbonyl (C=O) groups is 2. The summed E-state index contributed by atoms with van der Waals surface area (Å²) in [7, 11) is 0. The van der Waals surface area contributed by atoms with Crippen molar-refractivity contribution in [2.24, 2.45) is 0 Å². The lowest BCUT2D eigenvalue weighted by Gasteiger charge is -2.12. The minimum Gasteiger partial charge on any atom is -0.481 e. The number of amides is 2. The highest BCUT2D eigenvalue weighted by Gasteiger charge is 2.10. The van der Waals surface area contributed by atoms with Gasteiger partial charge >= 0.3 is 12.0 Å². The Kier molecular flexibility index (Phi) is 4.77. The number of anilines is 1. The molecule has 0 aliphatic heterocycles. The van der Waals surface area contributed by atoms with Crippen LogP contribution in [0.1, 0.15) is 17.5 Å². The smallest absolute Gasteiger partial charge is 0.319 e. The Morgan fingerprint density at radius 2 is 2.05 bits per heavy atom. The summed E-state index contributed by atoms with van der Waals surface area (Å²) in [5.74, 6) is -0.955. The molecule has 1 aromatic heterocycles. The molecule has 2 rings (SSSR count). The normalized spacial score (nSPS) is 10.3. The van der Waals surface area contributed by atoms with E-state index < -0.39 is 12.0 Å². The first-order valence-electron chi connectivity index (χ1n) is 6.84. The first-order chi connectivity index (χ1) is 10.5. The van der Waals surface area contributed by atoms with Crippen molar-refractivity contribution in [1.82, 2.24) is 15.1 Å². The average molecular weight is 302 g/mol. The van der Waals surface area contributed by atoms with Crippen LogP contribution in [0.15, 0.2) is 30.6 Å². The van der Waals surface area contributed by atoms with Gasteiger partial charge in [0.05, 0.1) is 24.0 Å². The van der Waals surface area contributed by atoms with Gasteiger partial charge in [-0.15, -0.1) is 0 Å². The molecule has 22 heavy (non-hydrogen) atoms. The molecule has 0 spiro atoms. The molecule has 3 N–H and O–H groups in total. The van der Waals surface area contributed by atoms with Gasteiger partial charge in [-0.25, -0.2) is 9.48 Å². The number of benzene rings is 1. The second-order valence-electron chi connectivity index (χ2n) is 5.01. The number of urea groups is 1. The quantitative estimate of drug-likeness (QED) is 0.788. The number of nitrogens with one attached hydrogen (secondary N) is 2. The lowest BCUT2D eigenvalue weighted by atomic mass is 10.2. The van der Waals surface area contributed by atoms with Crippen molar-refractivity contribution in [1.29, 1.82) is 0 Å². The van der Waals surface area contributed by atoms with Gasteiger partial charge in [0.2, 0.25) is 0 Å². The summed E-state index contributed by atoms with van der Waals surface area (Å²) in [6.45, 7) is 3.93. The SMILES string of the molecule is Cc1ccc(-n2cc(C)cn2)c(NC(=O)NCCC(=O)O)c1. The Hall–Kier alpha value is -2.83. The number of aliphatic carboxylic acids is 1. The minimum atomic E-state index is -0.955. The van der Waals surface area contributed by atoms with Crippen LogP contribution in [0.25, 0.3) is 5.69 Å². The van der Waals surface area contributed by atoms with E-state index in [0.717, 1.165) is 16.8 Å². The predicted octanol–water partition coefficient (Wildman–Crippen LogP) is 2.09. The maximum Gasteiger partial charge on any atom is 0.319 e. The Labute approximate surface area is 128 Å². The van der Waals surface area contributed by atoms with E-state index in [1.54, 1.807) is 10.9 Å². The van der Waals surface area contributed by atoms with Crippen LogP contribution in [-0.4, -0.2) is 33.4 Å². The van der Waals surface area contributed by atoms with Crippen LogP contribution in [0.4, 0.5) is 10.5 Å². The van der Waals surface area contributed by atoms with Crippen molar-refractivity contribution in [2.75, 3.05) is 11.9 Å². The maximum absolute atomic E-state index is 11.8. The summed E-state index contributed by atoms with van der Waals surface area (Å²) < 4.78 is 1.68. The zero-order valence-electron chi connectivity index (χ0n) is 12.5. The summed E-state index contributed by atoms with van der Waals surface area (Å²) in [6, 6.07) is 5.19. The topological polar surface area (TPSA) is 96.3 Å². The highest BCUT2D eigenvalue weighted by molar-refractivity contribution is 5.91. The van der Waals surface area contributed by atoms with Crippen LogP contribution in [-0.2, 0) is 4.79 Å². The number of hydrogen-bond acceptors (Lipinski definition) is 3. The highest BCUT2D eigenvalue weighted by atomic mass is 16.4. The summed E-state index contributed by atoms with van der Waals surface area (Å²) >= 11 is 0. The molecule has 0 radical (unpaired) electrons. The van der Waals surface area contributed by atoms with Gasteiger partial charge in [0.1, 0.15) is 0 Å². The highest BCUT2D eigenvalue weighted by Crippen LogP contribution is 2.21. The molecule has 0 atom stereocenters. The number of aromatic nitrogens is 2. The van der Waals surface area contributed by atoms with Gasteiger partial charge < -0.3 is 15.7 Å². The fraction of sp³-hybridized carbons (Fsp3) is 0.267. The number of carboxylic acids is 1. The molecule has 0 saturated heterocycles. The average Bonchev–Trinajstić information content (AvgIpc) is 2.85. The number of carboxylic acid groups (broad SMARTS) is 1. The maximum atomic E-state index is 11.8. The Bertz CT molecular complexity index is 694. The van der Waals surface area contributed by atoms with Gasteiger partial charge in [0.15, 0.2) is 0 Å². The molecule has 7 heteroatoms. The first-order valence-corrected chi connectivity index (χ1v) is 6.84. The summed E-state index contributed by atoms with van der Waals surface area (Å²) in [5, 5.41) is 18.0. The molecule has 0 aliphatic rings. The number of carbonyl (C=O) groups excluding carboxylic acids is 1. The molecular weight excluding hydrogens is 284 g/mol. The van der Waals surface area contributed by atoms with E-state index >= 15 is 0 Å². The lowest BCUT2D eigenvalue weighted by molar-refractivity contribution is -0.136. The molecule has 1 heterocycles. The van der Waals surface area contributed by atoms with Crippen LogP contribution >= 0.6 is 0 Å². The number of hydrogen-bond donors (Lipinski definition) is 3. The van der Waals surface area contributed by atoms with E-state index in [0.29, 0.717) is 5.69 Å². The van der Waals surface area contributed by atoms with Gasteiger partial charge in [-0.1, -0.05) is 6.07 Å². The fourth-order valence-corrected chi connectivity index (χ4v) is 1.94. The van der Waals surface area contributed by atoms with Crippen LogP contribution < -0.4 is 10.6 Å². The van der Waals surface area contributed by atoms with Crippen molar-refractivity contribution in [3.05, 3.63) is 41.7 Å². The van der Waals surface area contributed by atoms with Crippen LogP contribution in [0.3, 0.4) is 0 Å². The molecule has 7 nitrogen and oxygen atoms in total. The van der Waals surface area contributed by atoms with E-state index in [1.165, 1.54) is 0 Å². The van der Waals surface area contributed by atoms with Crippen molar-refractivity contribution >= 4 is 17.7 Å². The third kappa shape index (κ3) is 4.08. The third-order valence-corrected chi connectivity index (χ3v) is 2.98. The molecule has 0 bridgehead atoms. The first kappa shape index (κ1) is 15.6. The second kappa shape index (κ2) is 6.75. The molecular formula is C15H18N4O3. The zero-order valence-corrected chi connectivity index (χ0v) is 12.5. The van der Waals surface area contributed by atoms with E-state index in [9.17, 15) is 9.59 Å². The molecule has 0 unspecified atom stereocenters. The van der Waals surface area contributed by atoms with Crippen molar-refractivity contribution in [3.8, 4) is 5.69 Å². The number of aryl methyl sites for hydroxylation is 2. The summed E-state index contributed by atoms with van der Waals surface area (Å²) in [6.07, 6.45) is 3.47. The Morgan fingerprint density at radius 3 is 2.68 bits per heavy atom. The zero-order chi connectivity index (χ0) is 16.1. The summed E-state index contributed by atoms with van der Waals surface area (Å²) in [4.78, 5) is 22.3. The van der Waals surface area contributed by atoms with Crippen molar-refractivity contribution < 1.29 is 14.7 Å². The largest absolute Gasteiger partial charge is 0.481 e. The predicted molar refractivity (Wildman–Crippen MR) is 82.3 cm³/mol. The molecule has 2 amide bonds. The second-order valence-corrected chi connectivity index (χ2v) is 5.01. The third-order valence-electron chi connectivity index (χ3n) is 2.98. The van der Waals surface area contributed by atoms with Gasteiger partial charge in [-0.05, 0) is 37.1 Å². The van der Waals surface area contributed by atoms with Crippen molar-refractivity contribution in [2.45, 2.75) is 20.3 Å².